The molecule has 1 nitrogen and oxygen atoms in total. The molecule has 0 amide bonds. The minimum absolute atomic E-state index is 0.775. The van der Waals surface area contributed by atoms with E-state index in [1.807, 2.05) is 6.92 Å². The second-order valence-corrected chi connectivity index (χ2v) is 3.29. The fourth-order valence-corrected chi connectivity index (χ4v) is 1.90. The molecule has 62 valence electrons. The van der Waals surface area contributed by atoms with Crippen LogP contribution in [0.15, 0.2) is 11.4 Å². The highest BCUT2D eigenvalue weighted by molar-refractivity contribution is 7.12. The SMILES string of the molecule is CCCc1ccsc1OCC. The van der Waals surface area contributed by atoms with Gasteiger partial charge in [0.2, 0.25) is 0 Å². The monoisotopic (exact) mass is 170 g/mol. The Morgan fingerprint density at radius 2 is 2.27 bits per heavy atom. The normalized spacial score (nSPS) is 10.0. The highest BCUT2D eigenvalue weighted by Crippen LogP contribution is 2.26. The first-order valence-electron chi connectivity index (χ1n) is 4.07. The molecule has 1 aromatic rings. The molecule has 0 saturated carbocycles. The molecule has 0 unspecified atom stereocenters. The van der Waals surface area contributed by atoms with Crippen molar-refractivity contribution in [2.75, 3.05) is 6.61 Å². The van der Waals surface area contributed by atoms with E-state index in [4.69, 9.17) is 4.74 Å². The molecule has 0 saturated heterocycles. The Balaban J connectivity index is 2.62. The van der Waals surface area contributed by atoms with E-state index in [1.165, 1.54) is 12.0 Å². The van der Waals surface area contributed by atoms with Gasteiger partial charge in [0.05, 0.1) is 6.61 Å². The Kier molecular flexibility index (Phi) is 3.43. The summed E-state index contributed by atoms with van der Waals surface area (Å²) in [4.78, 5) is 0. The maximum atomic E-state index is 5.45. The van der Waals surface area contributed by atoms with Gasteiger partial charge in [-0.25, -0.2) is 0 Å². The number of aryl methyl sites for hydroxylation is 1. The lowest BCUT2D eigenvalue weighted by Gasteiger charge is -2.01. The molecule has 0 spiro atoms. The summed E-state index contributed by atoms with van der Waals surface area (Å²) in [5.41, 5.74) is 1.36. The fraction of sp³-hybridized carbons (Fsp3) is 0.556. The van der Waals surface area contributed by atoms with E-state index in [-0.39, 0.29) is 0 Å². The van der Waals surface area contributed by atoms with Crippen LogP contribution in [0.3, 0.4) is 0 Å². The molecule has 0 atom stereocenters. The summed E-state index contributed by atoms with van der Waals surface area (Å²) in [6.07, 6.45) is 2.33. The third kappa shape index (κ3) is 2.22. The molecule has 0 N–H and O–H groups in total. The largest absolute Gasteiger partial charge is 0.484 e. The molecule has 2 heteroatoms. The summed E-state index contributed by atoms with van der Waals surface area (Å²) in [5.74, 6) is 0. The van der Waals surface area contributed by atoms with Gasteiger partial charge in [-0.2, -0.15) is 0 Å². The van der Waals surface area contributed by atoms with Crippen LogP contribution in [0.5, 0.6) is 5.06 Å². The van der Waals surface area contributed by atoms with Crippen molar-refractivity contribution in [1.29, 1.82) is 0 Å². The zero-order chi connectivity index (χ0) is 8.10. The number of thiophene rings is 1. The molecule has 1 rings (SSSR count). The van der Waals surface area contributed by atoms with Gasteiger partial charge in [-0.3, -0.25) is 0 Å². The minimum Gasteiger partial charge on any atom is -0.484 e. The molecule has 0 aromatic carbocycles. The summed E-state index contributed by atoms with van der Waals surface area (Å²) in [5, 5.41) is 3.20. The molecule has 0 radical (unpaired) electrons. The average Bonchev–Trinajstić information content (AvgIpc) is 2.39. The Morgan fingerprint density at radius 3 is 2.91 bits per heavy atom. The van der Waals surface area contributed by atoms with E-state index >= 15 is 0 Å². The average molecular weight is 170 g/mol. The maximum absolute atomic E-state index is 5.45. The first kappa shape index (κ1) is 8.60. The number of rotatable bonds is 4. The molecular formula is C9H14OS. The summed E-state index contributed by atoms with van der Waals surface area (Å²) in [7, 11) is 0. The van der Waals surface area contributed by atoms with E-state index in [9.17, 15) is 0 Å². The van der Waals surface area contributed by atoms with Crippen molar-refractivity contribution < 1.29 is 4.74 Å². The molecule has 0 aliphatic rings. The quantitative estimate of drug-likeness (QED) is 0.674. The summed E-state index contributed by atoms with van der Waals surface area (Å²) < 4.78 is 5.45. The maximum Gasteiger partial charge on any atom is 0.176 e. The van der Waals surface area contributed by atoms with Crippen LogP contribution in [0.1, 0.15) is 25.8 Å². The van der Waals surface area contributed by atoms with Crippen LogP contribution in [0, 0.1) is 0 Å². The van der Waals surface area contributed by atoms with Crippen LogP contribution < -0.4 is 4.74 Å². The van der Waals surface area contributed by atoms with E-state index in [2.05, 4.69) is 18.4 Å². The van der Waals surface area contributed by atoms with E-state index < -0.39 is 0 Å². The summed E-state index contributed by atoms with van der Waals surface area (Å²) in [6.45, 7) is 4.99. The van der Waals surface area contributed by atoms with Crippen molar-refractivity contribution in [3.05, 3.63) is 17.0 Å². The van der Waals surface area contributed by atoms with E-state index in [0.717, 1.165) is 18.1 Å². The Bertz CT molecular complexity index is 185. The predicted octanol–water partition coefficient (Wildman–Crippen LogP) is 3.10. The molecule has 0 aliphatic heterocycles. The Hall–Kier alpha value is -0.500. The first-order valence-corrected chi connectivity index (χ1v) is 4.95. The molecule has 0 bridgehead atoms. The van der Waals surface area contributed by atoms with Gasteiger partial charge < -0.3 is 4.74 Å². The number of hydrogen-bond donors (Lipinski definition) is 0. The van der Waals surface area contributed by atoms with Gasteiger partial charge in [-0.1, -0.05) is 13.3 Å². The lowest BCUT2D eigenvalue weighted by Crippen LogP contribution is -1.91. The van der Waals surface area contributed by atoms with E-state index in [1.54, 1.807) is 11.3 Å². The van der Waals surface area contributed by atoms with Gasteiger partial charge in [0, 0.05) is 5.56 Å². The standard InChI is InChI=1S/C9H14OS/c1-3-5-8-6-7-11-9(8)10-4-2/h6-7H,3-5H2,1-2H3. The number of ether oxygens (including phenoxy) is 1. The zero-order valence-electron chi connectivity index (χ0n) is 7.09. The van der Waals surface area contributed by atoms with Crippen LogP contribution in [0.2, 0.25) is 0 Å². The fourth-order valence-electron chi connectivity index (χ4n) is 1.03. The van der Waals surface area contributed by atoms with Crippen molar-refractivity contribution in [2.24, 2.45) is 0 Å². The van der Waals surface area contributed by atoms with Gasteiger partial charge in [-0.15, -0.1) is 11.3 Å². The molecule has 11 heavy (non-hydrogen) atoms. The van der Waals surface area contributed by atoms with Gasteiger partial charge in [0.15, 0.2) is 5.06 Å². The zero-order valence-corrected chi connectivity index (χ0v) is 7.91. The third-order valence-electron chi connectivity index (χ3n) is 1.50. The lowest BCUT2D eigenvalue weighted by molar-refractivity contribution is 0.347. The molecule has 0 fully saturated rings. The summed E-state index contributed by atoms with van der Waals surface area (Å²) in [6, 6.07) is 2.15. The van der Waals surface area contributed by atoms with Gasteiger partial charge in [0.25, 0.3) is 0 Å². The minimum atomic E-state index is 0.775. The van der Waals surface area contributed by atoms with Crippen molar-refractivity contribution in [2.45, 2.75) is 26.7 Å². The molecule has 0 aliphatic carbocycles. The smallest absolute Gasteiger partial charge is 0.176 e. The van der Waals surface area contributed by atoms with Crippen LogP contribution in [-0.2, 0) is 6.42 Å². The van der Waals surface area contributed by atoms with Crippen molar-refractivity contribution in [3.8, 4) is 5.06 Å². The van der Waals surface area contributed by atoms with E-state index in [0.29, 0.717) is 0 Å². The highest BCUT2D eigenvalue weighted by Gasteiger charge is 2.02. The van der Waals surface area contributed by atoms with Crippen LogP contribution >= 0.6 is 11.3 Å². The lowest BCUT2D eigenvalue weighted by atomic mass is 10.2. The molecule has 1 aromatic heterocycles. The van der Waals surface area contributed by atoms with Crippen molar-refractivity contribution >= 4 is 11.3 Å². The second kappa shape index (κ2) is 4.39. The van der Waals surface area contributed by atoms with Crippen LogP contribution in [0.25, 0.3) is 0 Å². The van der Waals surface area contributed by atoms with Crippen LogP contribution in [-0.4, -0.2) is 6.61 Å². The molecular weight excluding hydrogens is 156 g/mol. The second-order valence-electron chi connectivity index (χ2n) is 2.42. The topological polar surface area (TPSA) is 9.23 Å². The molecule has 1 heterocycles. The first-order chi connectivity index (χ1) is 5.38. The van der Waals surface area contributed by atoms with Gasteiger partial charge in [-0.05, 0) is 24.8 Å². The van der Waals surface area contributed by atoms with Gasteiger partial charge >= 0.3 is 0 Å². The highest BCUT2D eigenvalue weighted by atomic mass is 32.1. The number of hydrogen-bond acceptors (Lipinski definition) is 2. The van der Waals surface area contributed by atoms with Crippen molar-refractivity contribution in [3.63, 3.8) is 0 Å². The summed E-state index contributed by atoms with van der Waals surface area (Å²) >= 11 is 1.69. The Morgan fingerprint density at radius 1 is 1.45 bits per heavy atom. The Labute approximate surface area is 72.0 Å². The van der Waals surface area contributed by atoms with Crippen molar-refractivity contribution in [1.82, 2.24) is 0 Å². The predicted molar refractivity (Wildman–Crippen MR) is 49.5 cm³/mol. The third-order valence-corrected chi connectivity index (χ3v) is 2.37. The van der Waals surface area contributed by atoms with Crippen LogP contribution in [0.4, 0.5) is 0 Å². The van der Waals surface area contributed by atoms with Gasteiger partial charge in [0.1, 0.15) is 0 Å².